The monoisotopic (exact) mass is 238 g/mol. The highest BCUT2D eigenvalue weighted by Crippen LogP contribution is 2.15. The van der Waals surface area contributed by atoms with Gasteiger partial charge in [0.25, 0.3) is 0 Å². The maximum atomic E-state index is 11.8. The first-order chi connectivity index (χ1) is 8.10. The number of nitrogens with two attached hydrogens (primary N) is 1. The summed E-state index contributed by atoms with van der Waals surface area (Å²) in [6, 6.07) is 0. The van der Waals surface area contributed by atoms with E-state index in [-0.39, 0.29) is 5.91 Å². The molecule has 94 valence electrons. The Bertz CT molecular complexity index is 396. The van der Waals surface area contributed by atoms with Gasteiger partial charge in [-0.25, -0.2) is 0 Å². The first kappa shape index (κ1) is 12.1. The van der Waals surface area contributed by atoms with Crippen molar-refractivity contribution in [2.45, 2.75) is 25.4 Å². The van der Waals surface area contributed by atoms with Gasteiger partial charge in [0.1, 0.15) is 5.54 Å². The minimum Gasteiger partial charge on any atom is -0.379 e. The van der Waals surface area contributed by atoms with Gasteiger partial charge in [-0.1, -0.05) is 0 Å². The van der Waals surface area contributed by atoms with Crippen LogP contribution in [0.4, 0.5) is 0 Å². The summed E-state index contributed by atoms with van der Waals surface area (Å²) in [4.78, 5) is 11.8. The molecule has 1 fully saturated rings. The number of ether oxygens (including phenoxy) is 1. The normalized spacial score (nSPS) is 23.9. The molecule has 1 aliphatic rings. The smallest absolute Gasteiger partial charge is 0.242 e. The molecule has 2 heterocycles. The molecule has 1 unspecified atom stereocenters. The highest BCUT2D eigenvalue weighted by Gasteiger charge is 2.37. The van der Waals surface area contributed by atoms with Crippen molar-refractivity contribution in [3.8, 4) is 0 Å². The maximum Gasteiger partial charge on any atom is 0.242 e. The number of carbonyl (C=O) groups is 1. The Kier molecular flexibility index (Phi) is 3.44. The van der Waals surface area contributed by atoms with E-state index >= 15 is 0 Å². The summed E-state index contributed by atoms with van der Waals surface area (Å²) in [5.74, 6) is -0.140. The van der Waals surface area contributed by atoms with E-state index in [0.717, 1.165) is 5.56 Å². The third-order valence-electron chi connectivity index (χ3n) is 2.89. The topological polar surface area (TPSA) is 82.2 Å². The minimum absolute atomic E-state index is 0.140. The summed E-state index contributed by atoms with van der Waals surface area (Å²) < 4.78 is 6.94. The van der Waals surface area contributed by atoms with Crippen LogP contribution >= 0.6 is 0 Å². The third-order valence-corrected chi connectivity index (χ3v) is 2.89. The zero-order valence-electron chi connectivity index (χ0n) is 9.98. The van der Waals surface area contributed by atoms with E-state index in [9.17, 15) is 4.79 Å². The number of aryl methyl sites for hydroxylation is 1. The van der Waals surface area contributed by atoms with Crippen LogP contribution in [0.1, 0.15) is 12.0 Å². The number of nitrogens with zero attached hydrogens (tertiary/aromatic N) is 2. The molecule has 0 saturated carbocycles. The highest BCUT2D eigenvalue weighted by molar-refractivity contribution is 5.86. The second kappa shape index (κ2) is 4.85. The Morgan fingerprint density at radius 2 is 2.59 bits per heavy atom. The molecule has 2 rings (SSSR count). The molecule has 6 nitrogen and oxygen atoms in total. The number of carbonyl (C=O) groups excluding carboxylic acids is 1. The molecule has 0 aromatic carbocycles. The lowest BCUT2D eigenvalue weighted by molar-refractivity contribution is -0.126. The van der Waals surface area contributed by atoms with Gasteiger partial charge in [0.05, 0.1) is 19.3 Å². The average Bonchev–Trinajstić information content (AvgIpc) is 2.89. The molecule has 0 bridgehead atoms. The first-order valence-corrected chi connectivity index (χ1v) is 5.74. The van der Waals surface area contributed by atoms with Gasteiger partial charge >= 0.3 is 0 Å². The summed E-state index contributed by atoms with van der Waals surface area (Å²) in [5, 5.41) is 6.95. The Hall–Kier alpha value is -1.40. The van der Waals surface area contributed by atoms with Crippen molar-refractivity contribution in [1.82, 2.24) is 15.1 Å². The second-order valence-electron chi connectivity index (χ2n) is 4.50. The van der Waals surface area contributed by atoms with Gasteiger partial charge in [-0.15, -0.1) is 0 Å². The molecule has 0 spiro atoms. The lowest BCUT2D eigenvalue weighted by Gasteiger charge is -2.20. The Morgan fingerprint density at radius 3 is 3.18 bits per heavy atom. The number of nitrogens with one attached hydrogen (secondary N) is 1. The predicted octanol–water partition coefficient (Wildman–Crippen LogP) is -0.574. The fourth-order valence-corrected chi connectivity index (χ4v) is 1.81. The summed E-state index contributed by atoms with van der Waals surface area (Å²) in [7, 11) is 0. The summed E-state index contributed by atoms with van der Waals surface area (Å²) >= 11 is 0. The van der Waals surface area contributed by atoms with Crippen LogP contribution in [-0.4, -0.2) is 41.0 Å². The molecule has 3 N–H and O–H groups in total. The quantitative estimate of drug-likeness (QED) is 0.735. The van der Waals surface area contributed by atoms with E-state index < -0.39 is 5.54 Å². The van der Waals surface area contributed by atoms with Crippen LogP contribution in [-0.2, 0) is 16.1 Å². The highest BCUT2D eigenvalue weighted by atomic mass is 16.5. The third kappa shape index (κ3) is 2.83. The SMILES string of the molecule is Cc1cnn(CCNC(=O)C2(N)CCOC2)c1. The second-order valence-corrected chi connectivity index (χ2v) is 4.50. The van der Waals surface area contributed by atoms with E-state index in [1.165, 1.54) is 0 Å². The van der Waals surface area contributed by atoms with Gasteiger partial charge in [-0.3, -0.25) is 9.48 Å². The Labute approximate surface area is 100 Å². The van der Waals surface area contributed by atoms with Crippen LogP contribution in [0.5, 0.6) is 0 Å². The van der Waals surface area contributed by atoms with Gasteiger partial charge in [-0.2, -0.15) is 5.10 Å². The van der Waals surface area contributed by atoms with E-state index in [0.29, 0.717) is 32.7 Å². The molecule has 1 saturated heterocycles. The number of amides is 1. The molecule has 0 aliphatic carbocycles. The zero-order chi connectivity index (χ0) is 12.3. The summed E-state index contributed by atoms with van der Waals surface area (Å²) in [5.41, 5.74) is 6.19. The van der Waals surface area contributed by atoms with Crippen molar-refractivity contribution in [2.75, 3.05) is 19.8 Å². The lowest BCUT2D eigenvalue weighted by Crippen LogP contribution is -2.54. The molecule has 17 heavy (non-hydrogen) atoms. The predicted molar refractivity (Wildman–Crippen MR) is 62.3 cm³/mol. The fourth-order valence-electron chi connectivity index (χ4n) is 1.81. The molecule has 1 aliphatic heterocycles. The van der Waals surface area contributed by atoms with Crippen LogP contribution < -0.4 is 11.1 Å². The van der Waals surface area contributed by atoms with Gasteiger partial charge in [0.15, 0.2) is 0 Å². The van der Waals surface area contributed by atoms with E-state index in [1.54, 1.807) is 10.9 Å². The average molecular weight is 238 g/mol. The number of hydrogen-bond donors (Lipinski definition) is 2. The molecule has 6 heteroatoms. The van der Waals surface area contributed by atoms with Gasteiger partial charge in [-0.05, 0) is 18.9 Å². The first-order valence-electron chi connectivity index (χ1n) is 5.74. The van der Waals surface area contributed by atoms with Crippen LogP contribution in [0.2, 0.25) is 0 Å². The molecule has 1 atom stereocenters. The number of rotatable bonds is 4. The Balaban J connectivity index is 1.77. The van der Waals surface area contributed by atoms with Crippen LogP contribution in [0, 0.1) is 6.92 Å². The van der Waals surface area contributed by atoms with Crippen molar-refractivity contribution in [3.05, 3.63) is 18.0 Å². The molecular weight excluding hydrogens is 220 g/mol. The van der Waals surface area contributed by atoms with Gasteiger partial charge in [0.2, 0.25) is 5.91 Å². The van der Waals surface area contributed by atoms with Crippen molar-refractivity contribution in [1.29, 1.82) is 0 Å². The molecular formula is C11H18N4O2. The molecule has 1 aromatic heterocycles. The van der Waals surface area contributed by atoms with Crippen molar-refractivity contribution < 1.29 is 9.53 Å². The van der Waals surface area contributed by atoms with E-state index in [4.69, 9.17) is 10.5 Å². The maximum absolute atomic E-state index is 11.8. The van der Waals surface area contributed by atoms with Crippen LogP contribution in [0.25, 0.3) is 0 Å². The van der Waals surface area contributed by atoms with Crippen molar-refractivity contribution in [3.63, 3.8) is 0 Å². The minimum atomic E-state index is -0.847. The lowest BCUT2D eigenvalue weighted by atomic mass is 9.99. The van der Waals surface area contributed by atoms with Gasteiger partial charge < -0.3 is 15.8 Å². The molecule has 1 amide bonds. The van der Waals surface area contributed by atoms with E-state index in [1.807, 2.05) is 13.1 Å². The van der Waals surface area contributed by atoms with Crippen molar-refractivity contribution >= 4 is 5.91 Å². The summed E-state index contributed by atoms with van der Waals surface area (Å²) in [6.45, 7) is 4.02. The van der Waals surface area contributed by atoms with Gasteiger partial charge in [0, 0.05) is 19.3 Å². The van der Waals surface area contributed by atoms with Crippen molar-refractivity contribution in [2.24, 2.45) is 5.73 Å². The largest absolute Gasteiger partial charge is 0.379 e. The molecule has 1 aromatic rings. The summed E-state index contributed by atoms with van der Waals surface area (Å²) in [6.07, 6.45) is 4.31. The van der Waals surface area contributed by atoms with E-state index in [2.05, 4.69) is 10.4 Å². The molecule has 0 radical (unpaired) electrons. The van der Waals surface area contributed by atoms with Crippen LogP contribution in [0.3, 0.4) is 0 Å². The number of hydrogen-bond acceptors (Lipinski definition) is 4. The fraction of sp³-hybridized carbons (Fsp3) is 0.636. The van der Waals surface area contributed by atoms with Crippen LogP contribution in [0.15, 0.2) is 12.4 Å². The Morgan fingerprint density at radius 1 is 1.76 bits per heavy atom. The number of aromatic nitrogens is 2. The zero-order valence-corrected chi connectivity index (χ0v) is 9.98. The standard InChI is InChI=1S/C11H18N4O2/c1-9-6-14-15(7-9)4-3-13-10(16)11(12)2-5-17-8-11/h6-7H,2-5,8,12H2,1H3,(H,13,16).